The van der Waals surface area contributed by atoms with Gasteiger partial charge in [0.1, 0.15) is 0 Å². The molecule has 0 saturated heterocycles. The number of rotatable bonds is 3. The van der Waals surface area contributed by atoms with E-state index in [0.29, 0.717) is 0 Å². The maximum atomic E-state index is 4.68. The second-order valence-electron chi connectivity index (χ2n) is 11.5. The van der Waals surface area contributed by atoms with E-state index in [9.17, 15) is 0 Å². The zero-order chi connectivity index (χ0) is 29.0. The lowest BCUT2D eigenvalue weighted by Gasteiger charge is -2.20. The van der Waals surface area contributed by atoms with E-state index in [0.717, 1.165) is 5.39 Å². The number of aromatic nitrogens is 1. The van der Waals surface area contributed by atoms with Gasteiger partial charge in [-0.2, -0.15) is 0 Å². The molecule has 1 heteroatoms. The molecular formula is C43H27N. The van der Waals surface area contributed by atoms with Crippen LogP contribution in [0.1, 0.15) is 0 Å². The number of nitrogens with zero attached hydrogens (tertiary/aromatic N) is 1. The van der Waals surface area contributed by atoms with Crippen molar-refractivity contribution in [2.24, 2.45) is 0 Å². The van der Waals surface area contributed by atoms with Gasteiger partial charge in [0.05, 0.1) is 0 Å². The Morgan fingerprint density at radius 2 is 0.864 bits per heavy atom. The van der Waals surface area contributed by atoms with Crippen LogP contribution in [0.3, 0.4) is 0 Å². The van der Waals surface area contributed by atoms with Gasteiger partial charge in [0, 0.05) is 17.8 Å². The minimum atomic E-state index is 1.16. The highest BCUT2D eigenvalue weighted by atomic mass is 14.6. The second kappa shape index (κ2) is 9.90. The maximum absolute atomic E-state index is 4.68. The van der Waals surface area contributed by atoms with Crippen LogP contribution in [0.4, 0.5) is 0 Å². The molecule has 0 saturated carbocycles. The first-order valence-corrected chi connectivity index (χ1v) is 15.1. The molecule has 0 bridgehead atoms. The molecule has 1 aromatic heterocycles. The summed E-state index contributed by atoms with van der Waals surface area (Å²) in [6.07, 6.45) is 3.98. The van der Waals surface area contributed by atoms with Crippen molar-refractivity contribution in [2.45, 2.75) is 0 Å². The third-order valence-corrected chi connectivity index (χ3v) is 9.14. The Kier molecular flexibility index (Phi) is 5.57. The lowest BCUT2D eigenvalue weighted by molar-refractivity contribution is 1.37. The van der Waals surface area contributed by atoms with Crippen LogP contribution in [-0.2, 0) is 0 Å². The molecule has 204 valence electrons. The van der Waals surface area contributed by atoms with Crippen LogP contribution >= 0.6 is 0 Å². The van der Waals surface area contributed by atoms with Gasteiger partial charge in [-0.15, -0.1) is 0 Å². The van der Waals surface area contributed by atoms with Crippen molar-refractivity contribution >= 4 is 53.9 Å². The largest absolute Gasteiger partial charge is 0.264 e. The molecule has 0 N–H and O–H groups in total. The summed E-state index contributed by atoms with van der Waals surface area (Å²) in [5, 5.41) is 12.4. The molecule has 44 heavy (non-hydrogen) atoms. The predicted octanol–water partition coefficient (Wildman–Crippen LogP) is 11.8. The summed E-state index contributed by atoms with van der Waals surface area (Å²) < 4.78 is 0. The molecule has 0 aliphatic rings. The Hall–Kier alpha value is -5.79. The third kappa shape index (κ3) is 3.76. The molecule has 9 aromatic rings. The molecule has 0 fully saturated rings. The topological polar surface area (TPSA) is 12.9 Å². The van der Waals surface area contributed by atoms with E-state index in [1.54, 1.807) is 0 Å². The third-order valence-electron chi connectivity index (χ3n) is 9.14. The van der Waals surface area contributed by atoms with Crippen LogP contribution < -0.4 is 0 Å². The fourth-order valence-electron chi connectivity index (χ4n) is 7.17. The molecule has 9 rings (SSSR count). The minimum Gasteiger partial charge on any atom is -0.264 e. The summed E-state index contributed by atoms with van der Waals surface area (Å²) in [5.41, 5.74) is 7.44. The van der Waals surface area contributed by atoms with E-state index >= 15 is 0 Å². The molecule has 0 amide bonds. The lowest BCUT2D eigenvalue weighted by Crippen LogP contribution is -1.93. The molecular weight excluding hydrogens is 530 g/mol. The fourth-order valence-corrected chi connectivity index (χ4v) is 7.17. The molecule has 0 unspecified atom stereocenters. The zero-order valence-corrected chi connectivity index (χ0v) is 24.0. The van der Waals surface area contributed by atoms with Crippen LogP contribution in [0, 0.1) is 0 Å². The normalized spacial score (nSPS) is 11.6. The van der Waals surface area contributed by atoms with E-state index in [2.05, 4.69) is 163 Å². The monoisotopic (exact) mass is 557 g/mol. The van der Waals surface area contributed by atoms with E-state index in [1.807, 2.05) is 6.20 Å². The summed E-state index contributed by atoms with van der Waals surface area (Å²) in [5.74, 6) is 0. The minimum absolute atomic E-state index is 1.16. The van der Waals surface area contributed by atoms with Crippen LogP contribution in [-0.4, -0.2) is 4.98 Å². The van der Waals surface area contributed by atoms with E-state index in [4.69, 9.17) is 0 Å². The average Bonchev–Trinajstić information content (AvgIpc) is 3.10. The van der Waals surface area contributed by atoms with Gasteiger partial charge in [0.15, 0.2) is 0 Å². The van der Waals surface area contributed by atoms with Crippen LogP contribution in [0.25, 0.3) is 87.2 Å². The Labute approximate surface area is 255 Å². The summed E-state index contributed by atoms with van der Waals surface area (Å²) in [6.45, 7) is 0. The summed E-state index contributed by atoms with van der Waals surface area (Å²) in [7, 11) is 0. The predicted molar refractivity (Wildman–Crippen MR) is 188 cm³/mol. The summed E-state index contributed by atoms with van der Waals surface area (Å²) in [4.78, 5) is 4.68. The van der Waals surface area contributed by atoms with Crippen molar-refractivity contribution in [1.82, 2.24) is 4.98 Å². The Bertz CT molecular complexity index is 2500. The van der Waals surface area contributed by atoms with Crippen molar-refractivity contribution in [3.8, 4) is 33.4 Å². The number of pyridine rings is 1. The Morgan fingerprint density at radius 3 is 1.66 bits per heavy atom. The average molecular weight is 558 g/mol. The number of hydrogen-bond acceptors (Lipinski definition) is 1. The van der Waals surface area contributed by atoms with E-state index < -0.39 is 0 Å². The standard InChI is InChI=1S/C43H27N/c1-2-12-30-26-31(21-20-28(30)10-1)33-22-23-39(35-16-6-5-15-34(33)35)43-38-18-8-7-17-37(38)42(40-24-25-44-27-41(40)43)36-19-9-13-29-11-3-4-14-32(29)36/h1-27H. The van der Waals surface area contributed by atoms with Gasteiger partial charge in [0.25, 0.3) is 0 Å². The van der Waals surface area contributed by atoms with Crippen LogP contribution in [0.5, 0.6) is 0 Å². The lowest BCUT2D eigenvalue weighted by atomic mass is 9.83. The van der Waals surface area contributed by atoms with Crippen molar-refractivity contribution in [3.63, 3.8) is 0 Å². The SMILES string of the molecule is c1ccc2cc(-c3ccc(-c4c5ccccc5c(-c5cccc6ccccc56)c5ccncc45)c4ccccc34)ccc2c1. The number of benzene rings is 8. The van der Waals surface area contributed by atoms with Gasteiger partial charge < -0.3 is 0 Å². The molecule has 0 spiro atoms. The van der Waals surface area contributed by atoms with Crippen LogP contribution in [0.2, 0.25) is 0 Å². The quantitative estimate of drug-likeness (QED) is 0.197. The molecule has 0 atom stereocenters. The Balaban J connectivity index is 1.37. The van der Waals surface area contributed by atoms with Crippen molar-refractivity contribution < 1.29 is 0 Å². The number of hydrogen-bond donors (Lipinski definition) is 0. The van der Waals surface area contributed by atoms with Gasteiger partial charge in [0.2, 0.25) is 0 Å². The molecule has 1 nitrogen and oxygen atoms in total. The summed E-state index contributed by atoms with van der Waals surface area (Å²) >= 11 is 0. The zero-order valence-electron chi connectivity index (χ0n) is 24.0. The highest BCUT2D eigenvalue weighted by molar-refractivity contribution is 6.25. The fraction of sp³-hybridized carbons (Fsp3) is 0. The maximum Gasteiger partial charge on any atom is 0.0353 e. The molecule has 0 aliphatic heterocycles. The van der Waals surface area contributed by atoms with E-state index in [-0.39, 0.29) is 0 Å². The first kappa shape index (κ1) is 24.8. The molecule has 0 aliphatic carbocycles. The van der Waals surface area contributed by atoms with Crippen molar-refractivity contribution in [2.75, 3.05) is 0 Å². The van der Waals surface area contributed by atoms with Gasteiger partial charge in [-0.25, -0.2) is 0 Å². The van der Waals surface area contributed by atoms with Crippen molar-refractivity contribution in [3.05, 3.63) is 164 Å². The van der Waals surface area contributed by atoms with Gasteiger partial charge >= 0.3 is 0 Å². The van der Waals surface area contributed by atoms with Gasteiger partial charge in [-0.1, -0.05) is 140 Å². The Morgan fingerprint density at radius 1 is 0.318 bits per heavy atom. The molecule has 1 heterocycles. The van der Waals surface area contributed by atoms with Gasteiger partial charge in [-0.3, -0.25) is 4.98 Å². The smallest absolute Gasteiger partial charge is 0.0353 e. The first-order chi connectivity index (χ1) is 21.8. The van der Waals surface area contributed by atoms with E-state index in [1.165, 1.54) is 81.9 Å². The molecule has 0 radical (unpaired) electrons. The highest BCUT2D eigenvalue weighted by Crippen LogP contribution is 2.47. The molecule has 8 aromatic carbocycles. The van der Waals surface area contributed by atoms with Crippen LogP contribution in [0.15, 0.2) is 164 Å². The first-order valence-electron chi connectivity index (χ1n) is 15.1. The highest BCUT2D eigenvalue weighted by Gasteiger charge is 2.20. The van der Waals surface area contributed by atoms with Gasteiger partial charge in [-0.05, 0) is 94.0 Å². The second-order valence-corrected chi connectivity index (χ2v) is 11.5. The van der Waals surface area contributed by atoms with Crippen molar-refractivity contribution in [1.29, 1.82) is 0 Å². The number of fused-ring (bicyclic) bond motifs is 5. The summed E-state index contributed by atoms with van der Waals surface area (Å²) in [6, 6.07) is 55.2.